The largest absolute Gasteiger partial charge is 0.294 e. The van der Waals surface area contributed by atoms with Gasteiger partial charge < -0.3 is 0 Å². The molecule has 1 saturated carbocycles. The Morgan fingerprint density at radius 1 is 1.50 bits per heavy atom. The number of aromatic nitrogens is 3. The zero-order valence-corrected chi connectivity index (χ0v) is 15.0. The van der Waals surface area contributed by atoms with Crippen LogP contribution in [0, 0.1) is 6.92 Å². The maximum Gasteiger partial charge on any atom is 0.263 e. The highest BCUT2D eigenvalue weighted by Gasteiger charge is 2.42. The number of hydrogen-bond acceptors (Lipinski definition) is 5. The Labute approximate surface area is 143 Å². The molecule has 1 fully saturated rings. The van der Waals surface area contributed by atoms with Crippen molar-refractivity contribution in [3.63, 3.8) is 0 Å². The van der Waals surface area contributed by atoms with Crippen molar-refractivity contribution in [2.45, 2.75) is 56.9 Å². The average Bonchev–Trinajstić information content (AvgIpc) is 2.86. The second kappa shape index (κ2) is 5.95. The molecule has 128 valence electrons. The van der Waals surface area contributed by atoms with Crippen molar-refractivity contribution in [1.29, 1.82) is 0 Å². The van der Waals surface area contributed by atoms with E-state index in [0.717, 1.165) is 0 Å². The van der Waals surface area contributed by atoms with Crippen LogP contribution in [-0.2, 0) is 0 Å². The molecule has 0 aliphatic heterocycles. The number of Topliss-reactive ketones (excluding diaryl/α,β-unsaturated/α-hetero) is 1. The van der Waals surface area contributed by atoms with E-state index in [1.165, 1.54) is 30.2 Å². The van der Waals surface area contributed by atoms with Gasteiger partial charge in [0, 0.05) is 11.6 Å². The molecule has 0 amide bonds. The fraction of sp³-hybridized carbons (Fsp3) is 0.529. The summed E-state index contributed by atoms with van der Waals surface area (Å²) >= 11 is 1.36. The lowest BCUT2D eigenvalue weighted by atomic mass is 9.99. The number of pyridine rings is 1. The summed E-state index contributed by atoms with van der Waals surface area (Å²) in [5.41, 5.74) is -0.868. The lowest BCUT2D eigenvalue weighted by molar-refractivity contribution is 0.101. The molecule has 0 saturated heterocycles. The predicted molar refractivity (Wildman–Crippen MR) is 92.7 cm³/mol. The molecule has 1 aliphatic carbocycles. The van der Waals surface area contributed by atoms with E-state index in [4.69, 9.17) is 0 Å². The Morgan fingerprint density at radius 2 is 2.21 bits per heavy atom. The van der Waals surface area contributed by atoms with E-state index >= 15 is 0 Å². The number of ketones is 1. The maximum atomic E-state index is 15.0. The summed E-state index contributed by atoms with van der Waals surface area (Å²) in [5.74, 6) is -0.319. The molecule has 5 nitrogen and oxygen atoms in total. The van der Waals surface area contributed by atoms with E-state index in [-0.39, 0.29) is 11.3 Å². The first-order valence-corrected chi connectivity index (χ1v) is 9.16. The smallest absolute Gasteiger partial charge is 0.263 e. The number of fused-ring (bicyclic) bond motifs is 1. The Morgan fingerprint density at radius 3 is 2.75 bits per heavy atom. The normalized spacial score (nSPS) is 23.8. The summed E-state index contributed by atoms with van der Waals surface area (Å²) in [6.07, 6.45) is 5.12. The number of thioether (sulfide) groups is 1. The topological polar surface area (TPSA) is 64.8 Å². The van der Waals surface area contributed by atoms with Gasteiger partial charge in [-0.25, -0.2) is 14.4 Å². The van der Waals surface area contributed by atoms with E-state index < -0.39 is 17.3 Å². The van der Waals surface area contributed by atoms with Crippen LogP contribution in [0.2, 0.25) is 0 Å². The summed E-state index contributed by atoms with van der Waals surface area (Å²) in [4.78, 5) is 33.8. The van der Waals surface area contributed by atoms with Crippen LogP contribution in [0.3, 0.4) is 0 Å². The van der Waals surface area contributed by atoms with E-state index in [1.807, 2.05) is 6.26 Å². The van der Waals surface area contributed by atoms with Crippen LogP contribution in [-0.4, -0.2) is 32.2 Å². The van der Waals surface area contributed by atoms with Gasteiger partial charge in [0.2, 0.25) is 0 Å². The highest BCUT2D eigenvalue weighted by Crippen LogP contribution is 2.42. The number of carbonyl (C=O) groups is 1. The summed E-state index contributed by atoms with van der Waals surface area (Å²) in [5, 5.41) is 1.14. The van der Waals surface area contributed by atoms with Gasteiger partial charge in [-0.1, -0.05) is 11.8 Å². The number of aryl methyl sites for hydroxylation is 1. The minimum Gasteiger partial charge on any atom is -0.294 e. The lowest BCUT2D eigenvalue weighted by Crippen LogP contribution is -2.37. The molecule has 0 aromatic carbocycles. The molecule has 24 heavy (non-hydrogen) atoms. The van der Waals surface area contributed by atoms with Crippen LogP contribution in [0.4, 0.5) is 4.39 Å². The van der Waals surface area contributed by atoms with Gasteiger partial charge in [0.05, 0.1) is 11.6 Å². The van der Waals surface area contributed by atoms with Gasteiger partial charge >= 0.3 is 0 Å². The van der Waals surface area contributed by atoms with Gasteiger partial charge in [0.15, 0.2) is 10.9 Å². The minimum absolute atomic E-state index is 0.103. The number of halogens is 1. The molecule has 1 aliphatic rings. The van der Waals surface area contributed by atoms with E-state index in [1.54, 1.807) is 13.1 Å². The third-order valence-corrected chi connectivity index (χ3v) is 5.43. The van der Waals surface area contributed by atoms with Gasteiger partial charge in [-0.3, -0.25) is 14.2 Å². The Hall–Kier alpha value is -1.76. The highest BCUT2D eigenvalue weighted by atomic mass is 32.2. The van der Waals surface area contributed by atoms with Gasteiger partial charge in [-0.2, -0.15) is 0 Å². The summed E-state index contributed by atoms with van der Waals surface area (Å²) in [7, 11) is 0. The number of alkyl halides is 1. The van der Waals surface area contributed by atoms with Crippen LogP contribution in [0.25, 0.3) is 11.0 Å². The average molecular weight is 349 g/mol. The predicted octanol–water partition coefficient (Wildman–Crippen LogP) is 3.48. The van der Waals surface area contributed by atoms with Gasteiger partial charge in [0.1, 0.15) is 11.3 Å². The second-order valence-corrected chi connectivity index (χ2v) is 7.28. The molecular weight excluding hydrogens is 329 g/mol. The summed E-state index contributed by atoms with van der Waals surface area (Å²) in [6.45, 7) is 4.60. The Bertz CT molecular complexity index is 892. The van der Waals surface area contributed by atoms with Crippen LogP contribution in [0.1, 0.15) is 55.1 Å². The highest BCUT2D eigenvalue weighted by molar-refractivity contribution is 7.98. The fourth-order valence-corrected chi connectivity index (χ4v) is 3.96. The third kappa shape index (κ3) is 2.55. The number of rotatable bonds is 3. The zero-order valence-electron chi connectivity index (χ0n) is 14.2. The van der Waals surface area contributed by atoms with Crippen LogP contribution >= 0.6 is 11.8 Å². The molecule has 0 radical (unpaired) electrons. The standard InChI is InChI=1S/C17H20FN3O2S/c1-9-11-8-19-16(24-4)20-14(11)21(15(23)13(9)10(2)22)12-6-5-7-17(12,3)18/h8,12H,5-7H2,1-4H3/t12-,17+/m1/s1. The summed E-state index contributed by atoms with van der Waals surface area (Å²) < 4.78 is 16.4. The molecule has 0 unspecified atom stereocenters. The molecule has 2 atom stereocenters. The van der Waals surface area contributed by atoms with Gasteiger partial charge in [-0.05, 0) is 51.9 Å². The molecule has 2 heterocycles. The molecule has 7 heteroatoms. The van der Waals surface area contributed by atoms with Gasteiger partial charge in [0.25, 0.3) is 5.56 Å². The Kier molecular flexibility index (Phi) is 4.23. The molecular formula is C17H20FN3O2S. The van der Waals surface area contributed by atoms with Crippen LogP contribution in [0.5, 0.6) is 0 Å². The Balaban J connectivity index is 2.45. The maximum absolute atomic E-state index is 15.0. The molecule has 0 N–H and O–H groups in total. The SMILES string of the molecule is CSc1ncc2c(C)c(C(C)=O)c(=O)n([C@@H]3CCC[C@]3(C)F)c2n1. The quantitative estimate of drug-likeness (QED) is 0.482. The zero-order chi connectivity index (χ0) is 17.6. The number of hydrogen-bond donors (Lipinski definition) is 0. The molecule has 0 bridgehead atoms. The molecule has 0 spiro atoms. The van der Waals surface area contributed by atoms with Crippen molar-refractivity contribution in [1.82, 2.24) is 14.5 Å². The van der Waals surface area contributed by atoms with E-state index in [0.29, 0.717) is 41.0 Å². The minimum atomic E-state index is -1.50. The monoisotopic (exact) mass is 349 g/mol. The van der Waals surface area contributed by atoms with E-state index in [9.17, 15) is 14.0 Å². The fourth-order valence-electron chi connectivity index (χ4n) is 3.63. The van der Waals surface area contributed by atoms with Crippen LogP contribution in [0.15, 0.2) is 16.1 Å². The van der Waals surface area contributed by atoms with Crippen molar-refractivity contribution < 1.29 is 9.18 Å². The summed E-state index contributed by atoms with van der Waals surface area (Å²) in [6, 6.07) is -0.615. The second-order valence-electron chi connectivity index (χ2n) is 6.51. The van der Waals surface area contributed by atoms with Gasteiger partial charge in [-0.15, -0.1) is 0 Å². The first-order valence-electron chi connectivity index (χ1n) is 7.93. The molecule has 2 aromatic rings. The van der Waals surface area contributed by atoms with E-state index in [2.05, 4.69) is 9.97 Å². The number of nitrogens with zero attached hydrogens (tertiary/aromatic N) is 3. The number of carbonyl (C=O) groups excluding carboxylic acids is 1. The molecule has 3 rings (SSSR count). The first kappa shape index (κ1) is 17.1. The first-order chi connectivity index (χ1) is 11.3. The molecule has 2 aromatic heterocycles. The lowest BCUT2D eigenvalue weighted by Gasteiger charge is -2.27. The third-order valence-electron chi connectivity index (χ3n) is 4.87. The van der Waals surface area contributed by atoms with Crippen LogP contribution < -0.4 is 5.56 Å². The van der Waals surface area contributed by atoms with Crippen molar-refractivity contribution in [3.8, 4) is 0 Å². The van der Waals surface area contributed by atoms with Crippen molar-refractivity contribution in [2.75, 3.05) is 6.26 Å². The van der Waals surface area contributed by atoms with Crippen molar-refractivity contribution in [3.05, 3.63) is 27.7 Å². The van der Waals surface area contributed by atoms with Crippen molar-refractivity contribution >= 4 is 28.6 Å². The van der Waals surface area contributed by atoms with Crippen molar-refractivity contribution in [2.24, 2.45) is 0 Å².